The van der Waals surface area contributed by atoms with E-state index in [1.165, 1.54) is 0 Å². The van der Waals surface area contributed by atoms with E-state index in [4.69, 9.17) is 10.9 Å². The third-order valence-electron chi connectivity index (χ3n) is 2.70. The third kappa shape index (κ3) is 3.22. The summed E-state index contributed by atoms with van der Waals surface area (Å²) in [6.07, 6.45) is 0. The number of rotatable bonds is 3. The predicted octanol–water partition coefficient (Wildman–Crippen LogP) is 2.39. The van der Waals surface area contributed by atoms with Crippen molar-refractivity contribution in [2.45, 2.75) is 20.8 Å². The van der Waals surface area contributed by atoms with Crippen molar-refractivity contribution < 1.29 is 10.0 Å². The van der Waals surface area contributed by atoms with E-state index in [1.807, 2.05) is 26.0 Å². The van der Waals surface area contributed by atoms with Crippen molar-refractivity contribution in [2.75, 3.05) is 5.32 Å². The molecule has 0 aliphatic carbocycles. The first-order chi connectivity index (χ1) is 8.36. The monoisotopic (exact) mass is 313 g/mol. The maximum absolute atomic E-state index is 11.9. The van der Waals surface area contributed by atoms with Crippen molar-refractivity contribution in [3.8, 4) is 0 Å². The molecule has 1 aromatic carbocycles. The molecule has 6 heteroatoms. The molecule has 0 fully saturated rings. The molecule has 0 saturated carbocycles. The average molecular weight is 314 g/mol. The van der Waals surface area contributed by atoms with Gasteiger partial charge in [0.05, 0.1) is 5.92 Å². The third-order valence-corrected chi connectivity index (χ3v) is 3.16. The Morgan fingerprint density at radius 3 is 2.39 bits per heavy atom. The number of aryl methyl sites for hydroxylation is 2. The summed E-state index contributed by atoms with van der Waals surface area (Å²) >= 11 is 3.39. The fourth-order valence-electron chi connectivity index (χ4n) is 1.56. The number of oxime groups is 1. The van der Waals surface area contributed by atoms with Gasteiger partial charge < -0.3 is 16.3 Å². The molecule has 0 aliphatic rings. The molecular formula is C12H16BrN3O2. The Bertz CT molecular complexity index is 477. The highest BCUT2D eigenvalue weighted by atomic mass is 79.9. The van der Waals surface area contributed by atoms with E-state index in [0.29, 0.717) is 0 Å². The van der Waals surface area contributed by atoms with Gasteiger partial charge in [0.25, 0.3) is 0 Å². The van der Waals surface area contributed by atoms with E-state index in [9.17, 15) is 4.79 Å². The molecule has 1 rings (SSSR count). The first-order valence-corrected chi connectivity index (χ1v) is 6.21. The minimum Gasteiger partial charge on any atom is -0.409 e. The first kappa shape index (κ1) is 14.5. The second-order valence-corrected chi connectivity index (χ2v) is 5.07. The number of nitrogens with two attached hydrogens (primary N) is 1. The van der Waals surface area contributed by atoms with E-state index < -0.39 is 5.92 Å². The van der Waals surface area contributed by atoms with Gasteiger partial charge in [-0.1, -0.05) is 21.1 Å². The van der Waals surface area contributed by atoms with Crippen LogP contribution in [0, 0.1) is 19.8 Å². The summed E-state index contributed by atoms with van der Waals surface area (Å²) in [7, 11) is 0. The zero-order valence-electron chi connectivity index (χ0n) is 10.5. The lowest BCUT2D eigenvalue weighted by Crippen LogP contribution is -2.32. The summed E-state index contributed by atoms with van der Waals surface area (Å²) in [5, 5.41) is 14.2. The van der Waals surface area contributed by atoms with Crippen LogP contribution in [0.3, 0.4) is 0 Å². The number of carbonyl (C=O) groups is 1. The normalized spacial score (nSPS) is 13.2. The number of amidine groups is 1. The fraction of sp³-hybridized carbons (Fsp3) is 0.333. The molecular weight excluding hydrogens is 298 g/mol. The van der Waals surface area contributed by atoms with Crippen molar-refractivity contribution in [3.63, 3.8) is 0 Å². The molecule has 1 atom stereocenters. The maximum atomic E-state index is 11.9. The number of hydrogen-bond donors (Lipinski definition) is 3. The van der Waals surface area contributed by atoms with Crippen LogP contribution in [-0.4, -0.2) is 17.0 Å². The molecule has 1 unspecified atom stereocenters. The van der Waals surface area contributed by atoms with E-state index >= 15 is 0 Å². The largest absolute Gasteiger partial charge is 0.409 e. The Balaban J connectivity index is 2.96. The van der Waals surface area contributed by atoms with Crippen LogP contribution in [0.2, 0.25) is 0 Å². The number of amides is 1. The highest BCUT2D eigenvalue weighted by Crippen LogP contribution is 2.25. The van der Waals surface area contributed by atoms with Crippen LogP contribution in [-0.2, 0) is 4.79 Å². The van der Waals surface area contributed by atoms with Crippen LogP contribution in [0.15, 0.2) is 21.8 Å². The van der Waals surface area contributed by atoms with Crippen LogP contribution in [0.25, 0.3) is 0 Å². The topological polar surface area (TPSA) is 87.7 Å². The number of benzene rings is 1. The molecule has 0 aromatic heterocycles. The SMILES string of the molecule is Cc1cc(Br)cc(C)c1NC(=O)C(C)C(N)=NO. The minimum absolute atomic E-state index is 0.111. The van der Waals surface area contributed by atoms with Crippen molar-refractivity contribution in [2.24, 2.45) is 16.8 Å². The quantitative estimate of drug-likeness (QED) is 0.346. The van der Waals surface area contributed by atoms with Gasteiger partial charge in [-0.2, -0.15) is 0 Å². The smallest absolute Gasteiger partial charge is 0.234 e. The molecule has 5 nitrogen and oxygen atoms in total. The lowest BCUT2D eigenvalue weighted by atomic mass is 10.1. The number of hydrogen-bond acceptors (Lipinski definition) is 3. The van der Waals surface area contributed by atoms with Gasteiger partial charge in [-0.25, -0.2) is 0 Å². The van der Waals surface area contributed by atoms with Crippen molar-refractivity contribution in [1.29, 1.82) is 0 Å². The van der Waals surface area contributed by atoms with Gasteiger partial charge in [0.1, 0.15) is 0 Å². The molecule has 0 radical (unpaired) electrons. The molecule has 0 bridgehead atoms. The highest BCUT2D eigenvalue weighted by molar-refractivity contribution is 9.10. The number of anilines is 1. The molecule has 4 N–H and O–H groups in total. The van der Waals surface area contributed by atoms with Gasteiger partial charge in [-0.3, -0.25) is 4.79 Å². The lowest BCUT2D eigenvalue weighted by Gasteiger charge is -2.15. The Kier molecular flexibility index (Phi) is 4.72. The molecule has 1 amide bonds. The maximum Gasteiger partial charge on any atom is 0.234 e. The van der Waals surface area contributed by atoms with Crippen LogP contribution < -0.4 is 11.1 Å². The second kappa shape index (κ2) is 5.86. The fourth-order valence-corrected chi connectivity index (χ4v) is 2.25. The molecule has 0 spiro atoms. The van der Waals surface area contributed by atoms with Crippen LogP contribution in [0.4, 0.5) is 5.69 Å². The average Bonchev–Trinajstić information content (AvgIpc) is 2.31. The zero-order chi connectivity index (χ0) is 13.9. The number of carbonyl (C=O) groups excluding carboxylic acids is 1. The Hall–Kier alpha value is -1.56. The summed E-state index contributed by atoms with van der Waals surface area (Å²) in [4.78, 5) is 11.9. The standard InChI is InChI=1S/C12H16BrN3O2/c1-6-4-9(13)5-7(2)10(6)15-12(17)8(3)11(14)16-18/h4-5,8,18H,1-3H3,(H2,14,16)(H,15,17). The highest BCUT2D eigenvalue weighted by Gasteiger charge is 2.19. The summed E-state index contributed by atoms with van der Waals surface area (Å²) in [5.41, 5.74) is 8.05. The van der Waals surface area contributed by atoms with Crippen LogP contribution in [0.1, 0.15) is 18.1 Å². The van der Waals surface area contributed by atoms with E-state index in [0.717, 1.165) is 21.3 Å². The molecule has 0 heterocycles. The van der Waals surface area contributed by atoms with Gasteiger partial charge in [0, 0.05) is 10.2 Å². The van der Waals surface area contributed by atoms with Gasteiger partial charge in [0.15, 0.2) is 5.84 Å². The Morgan fingerprint density at radius 1 is 1.44 bits per heavy atom. The molecule has 1 aromatic rings. The van der Waals surface area contributed by atoms with Crippen molar-refractivity contribution in [1.82, 2.24) is 0 Å². The van der Waals surface area contributed by atoms with E-state index in [1.54, 1.807) is 6.92 Å². The summed E-state index contributed by atoms with van der Waals surface area (Å²) in [6, 6.07) is 3.83. The summed E-state index contributed by atoms with van der Waals surface area (Å²) < 4.78 is 0.958. The van der Waals surface area contributed by atoms with E-state index in [-0.39, 0.29) is 11.7 Å². The molecule has 0 saturated heterocycles. The van der Waals surface area contributed by atoms with Gasteiger partial charge >= 0.3 is 0 Å². The molecule has 0 aliphatic heterocycles. The summed E-state index contributed by atoms with van der Waals surface area (Å²) in [6.45, 7) is 5.39. The summed E-state index contributed by atoms with van der Waals surface area (Å²) in [5.74, 6) is -1.10. The van der Waals surface area contributed by atoms with Gasteiger partial charge in [-0.05, 0) is 44.0 Å². The van der Waals surface area contributed by atoms with Crippen LogP contribution >= 0.6 is 15.9 Å². The van der Waals surface area contributed by atoms with E-state index in [2.05, 4.69) is 26.4 Å². The minimum atomic E-state index is -0.683. The first-order valence-electron chi connectivity index (χ1n) is 5.41. The van der Waals surface area contributed by atoms with Crippen LogP contribution in [0.5, 0.6) is 0 Å². The Labute approximate surface area is 114 Å². The second-order valence-electron chi connectivity index (χ2n) is 4.15. The Morgan fingerprint density at radius 2 is 1.94 bits per heavy atom. The predicted molar refractivity (Wildman–Crippen MR) is 74.8 cm³/mol. The molecule has 18 heavy (non-hydrogen) atoms. The van der Waals surface area contributed by atoms with Gasteiger partial charge in [-0.15, -0.1) is 0 Å². The number of halogens is 1. The van der Waals surface area contributed by atoms with Gasteiger partial charge in [0.2, 0.25) is 5.91 Å². The lowest BCUT2D eigenvalue weighted by molar-refractivity contribution is -0.117. The van der Waals surface area contributed by atoms with Crippen molar-refractivity contribution >= 4 is 33.4 Å². The molecule has 98 valence electrons. The zero-order valence-corrected chi connectivity index (χ0v) is 12.1. The number of nitrogens with one attached hydrogen (secondary N) is 1. The van der Waals surface area contributed by atoms with Crippen molar-refractivity contribution in [3.05, 3.63) is 27.7 Å². The number of nitrogens with zero attached hydrogens (tertiary/aromatic N) is 1.